The van der Waals surface area contributed by atoms with Crippen LogP contribution in [0.15, 0.2) is 41.9 Å². The smallest absolute Gasteiger partial charge is 0.200 e. The molecule has 1 aromatic heterocycles. The minimum atomic E-state index is 0.584. The van der Waals surface area contributed by atoms with Gasteiger partial charge in [0.1, 0.15) is 17.9 Å². The quantitative estimate of drug-likeness (QED) is 0.783. The molecule has 0 bridgehead atoms. The first kappa shape index (κ1) is 10.6. The van der Waals surface area contributed by atoms with Crippen LogP contribution in [0.3, 0.4) is 0 Å². The molecule has 0 aliphatic carbocycles. The molecule has 1 aromatic rings. The van der Waals surface area contributed by atoms with Crippen LogP contribution in [0.25, 0.3) is 0 Å². The molecule has 2 aliphatic heterocycles. The summed E-state index contributed by atoms with van der Waals surface area (Å²) in [6.45, 7) is 2.19. The number of aliphatic imine (C=N–C) groups is 1. The lowest BCUT2D eigenvalue weighted by Crippen LogP contribution is -2.54. The van der Waals surface area contributed by atoms with Gasteiger partial charge in [0.25, 0.3) is 0 Å². The predicted octanol–water partition coefficient (Wildman–Crippen LogP) is 1.65. The summed E-state index contributed by atoms with van der Waals surface area (Å²) in [6.07, 6.45) is 12.2. The van der Waals surface area contributed by atoms with E-state index in [1.807, 2.05) is 24.9 Å². The maximum atomic E-state index is 4.31. The maximum Gasteiger partial charge on any atom is 0.200 e. The molecule has 1 fully saturated rings. The van der Waals surface area contributed by atoms with Gasteiger partial charge in [0.05, 0.1) is 6.20 Å². The fourth-order valence-corrected chi connectivity index (χ4v) is 2.75. The lowest BCUT2D eigenvalue weighted by Gasteiger charge is -2.37. The summed E-state index contributed by atoms with van der Waals surface area (Å²) >= 11 is 0. The van der Waals surface area contributed by atoms with Crippen molar-refractivity contribution in [3.63, 3.8) is 0 Å². The van der Waals surface area contributed by atoms with Crippen LogP contribution in [0, 0.1) is 0 Å². The highest BCUT2D eigenvalue weighted by Gasteiger charge is 2.39. The Morgan fingerprint density at radius 1 is 1.18 bits per heavy atom. The summed E-state index contributed by atoms with van der Waals surface area (Å²) < 4.78 is 0.754. The molecule has 1 atom stereocenters. The molecule has 0 radical (unpaired) electrons. The van der Waals surface area contributed by atoms with E-state index in [1.165, 1.54) is 18.5 Å². The van der Waals surface area contributed by atoms with E-state index in [9.17, 15) is 0 Å². The molecule has 3 rings (SSSR count). The summed E-state index contributed by atoms with van der Waals surface area (Å²) in [6, 6.07) is 4.76. The third kappa shape index (κ3) is 1.79. The average molecular weight is 229 g/mol. The minimum Gasteiger partial charge on any atom is -0.316 e. The zero-order valence-corrected chi connectivity index (χ0v) is 9.79. The molecule has 1 N–H and O–H groups in total. The number of rotatable bonds is 2. The van der Waals surface area contributed by atoms with Crippen molar-refractivity contribution < 1.29 is 0 Å². The van der Waals surface area contributed by atoms with Crippen LogP contribution < -0.4 is 9.80 Å². The molecule has 2 aliphatic rings. The fourth-order valence-electron chi connectivity index (χ4n) is 2.75. The van der Waals surface area contributed by atoms with E-state index in [0.29, 0.717) is 6.04 Å². The minimum absolute atomic E-state index is 0.584. The second-order valence-electron chi connectivity index (χ2n) is 4.58. The Labute approximate surface area is 101 Å². The van der Waals surface area contributed by atoms with E-state index in [1.54, 1.807) is 0 Å². The molecule has 88 valence electrons. The van der Waals surface area contributed by atoms with Crippen LogP contribution in [0.4, 0.5) is 5.69 Å². The van der Waals surface area contributed by atoms with Gasteiger partial charge in [-0.3, -0.25) is 4.98 Å². The van der Waals surface area contributed by atoms with Gasteiger partial charge in [0, 0.05) is 50.5 Å². The monoisotopic (exact) mass is 229 g/mol. The van der Waals surface area contributed by atoms with Gasteiger partial charge in [0.2, 0.25) is 0 Å². The molecular formula is C13H17N4+. The largest absolute Gasteiger partial charge is 0.316 e. The van der Waals surface area contributed by atoms with Gasteiger partial charge in [-0.2, -0.15) is 0 Å². The molecule has 3 heterocycles. The fraction of sp³-hybridized carbons (Fsp3) is 0.385. The number of pyridine rings is 1. The van der Waals surface area contributed by atoms with Crippen molar-refractivity contribution >= 4 is 12.0 Å². The molecule has 0 spiro atoms. The van der Waals surface area contributed by atoms with E-state index in [4.69, 9.17) is 0 Å². The van der Waals surface area contributed by atoms with Gasteiger partial charge in [-0.15, -0.1) is 0 Å². The molecule has 1 saturated heterocycles. The predicted molar refractivity (Wildman–Crippen MR) is 69.6 cm³/mol. The van der Waals surface area contributed by atoms with Crippen LogP contribution in [0.2, 0.25) is 0 Å². The Kier molecular flexibility index (Phi) is 2.74. The summed E-state index contributed by atoms with van der Waals surface area (Å²) in [5, 5.41) is 3.42. The van der Waals surface area contributed by atoms with Crippen LogP contribution in [-0.2, 0) is 0 Å². The van der Waals surface area contributed by atoms with E-state index in [2.05, 4.69) is 33.6 Å². The molecule has 4 nitrogen and oxygen atoms in total. The van der Waals surface area contributed by atoms with Crippen molar-refractivity contribution in [2.45, 2.75) is 18.9 Å². The topological polar surface area (TPSA) is 37.3 Å². The highest BCUT2D eigenvalue weighted by molar-refractivity contribution is 5.79. The lowest BCUT2D eigenvalue weighted by molar-refractivity contribution is 0.318. The average Bonchev–Trinajstić information content (AvgIpc) is 2.91. The molecule has 17 heavy (non-hydrogen) atoms. The lowest BCUT2D eigenvalue weighted by atomic mass is 10.0. The van der Waals surface area contributed by atoms with E-state index >= 15 is 0 Å². The first-order valence-electron chi connectivity index (χ1n) is 6.13. The van der Waals surface area contributed by atoms with E-state index < -0.39 is 0 Å². The highest BCUT2D eigenvalue weighted by Crippen LogP contribution is 2.31. The number of hydrogen-bond acceptors (Lipinski definition) is 3. The standard InChI is InChI=1S/C13H17N4/c1-5-14-6-2-12(1)17(10-9-16-11-17)13-3-7-15-8-4-13/h1-2,5-6,9-11,13,15H,3-4,7-8H2/q+1. The first-order valence-corrected chi connectivity index (χ1v) is 6.13. The molecular weight excluding hydrogens is 212 g/mol. The van der Waals surface area contributed by atoms with Crippen molar-refractivity contribution in [2.24, 2.45) is 4.99 Å². The van der Waals surface area contributed by atoms with Gasteiger partial charge in [0.15, 0.2) is 6.34 Å². The van der Waals surface area contributed by atoms with Gasteiger partial charge < -0.3 is 5.32 Å². The third-order valence-corrected chi connectivity index (χ3v) is 3.68. The Balaban J connectivity index is 1.99. The van der Waals surface area contributed by atoms with E-state index in [-0.39, 0.29) is 0 Å². The van der Waals surface area contributed by atoms with Crippen molar-refractivity contribution in [1.29, 1.82) is 0 Å². The van der Waals surface area contributed by atoms with Crippen LogP contribution in [-0.4, -0.2) is 30.5 Å². The number of piperidine rings is 1. The number of hydrogen-bond donors (Lipinski definition) is 1. The number of quaternary nitrogens is 1. The number of nitrogens with one attached hydrogen (secondary N) is 1. The van der Waals surface area contributed by atoms with Crippen molar-refractivity contribution in [2.75, 3.05) is 13.1 Å². The Hall–Kier alpha value is -1.52. The van der Waals surface area contributed by atoms with Gasteiger partial charge in [-0.25, -0.2) is 9.48 Å². The molecule has 0 aromatic carbocycles. The zero-order chi connectivity index (χ0) is 11.6. The summed E-state index contributed by atoms with van der Waals surface area (Å²) in [7, 11) is 0. The van der Waals surface area contributed by atoms with Crippen molar-refractivity contribution in [1.82, 2.24) is 14.8 Å². The molecule has 4 heteroatoms. The van der Waals surface area contributed by atoms with Gasteiger partial charge in [-0.1, -0.05) is 0 Å². The Morgan fingerprint density at radius 3 is 2.59 bits per heavy atom. The SMILES string of the molecule is C1=C[N+](c2ccncc2)(C2CCNCC2)C=N1. The third-order valence-electron chi connectivity index (χ3n) is 3.68. The first-order chi connectivity index (χ1) is 8.42. The summed E-state index contributed by atoms with van der Waals surface area (Å²) in [5.74, 6) is 0. The molecule has 1 unspecified atom stereocenters. The summed E-state index contributed by atoms with van der Waals surface area (Å²) in [4.78, 5) is 8.42. The maximum absolute atomic E-state index is 4.31. The highest BCUT2D eigenvalue weighted by atomic mass is 15.4. The zero-order valence-electron chi connectivity index (χ0n) is 9.79. The van der Waals surface area contributed by atoms with Crippen molar-refractivity contribution in [3.05, 3.63) is 36.9 Å². The van der Waals surface area contributed by atoms with Crippen LogP contribution >= 0.6 is 0 Å². The van der Waals surface area contributed by atoms with Gasteiger partial charge in [-0.05, 0) is 0 Å². The van der Waals surface area contributed by atoms with Crippen LogP contribution in [0.5, 0.6) is 0 Å². The van der Waals surface area contributed by atoms with Crippen molar-refractivity contribution in [3.8, 4) is 0 Å². The van der Waals surface area contributed by atoms with Gasteiger partial charge >= 0.3 is 0 Å². The second kappa shape index (κ2) is 4.39. The number of nitrogens with zero attached hydrogens (tertiary/aromatic N) is 3. The number of aromatic nitrogens is 1. The summed E-state index contributed by atoms with van der Waals surface area (Å²) in [5.41, 5.74) is 1.25. The Morgan fingerprint density at radius 2 is 1.94 bits per heavy atom. The van der Waals surface area contributed by atoms with E-state index in [0.717, 1.165) is 17.6 Å². The Bertz CT molecular complexity index is 420. The van der Waals surface area contributed by atoms with Crippen LogP contribution in [0.1, 0.15) is 12.8 Å². The normalized spacial score (nSPS) is 28.7. The molecule has 0 saturated carbocycles. The molecule has 0 amide bonds. The second-order valence-corrected chi connectivity index (χ2v) is 4.58.